The number of hydrogen-bond donors (Lipinski definition) is 2. The van der Waals surface area contributed by atoms with Crippen LogP contribution in [0.3, 0.4) is 0 Å². The Morgan fingerprint density at radius 1 is 1.07 bits per heavy atom. The van der Waals surface area contributed by atoms with Crippen LogP contribution < -0.4 is 5.32 Å². The minimum absolute atomic E-state index is 0.166. The number of aromatic amines is 1. The zero-order valence-corrected chi connectivity index (χ0v) is 15.3. The molecule has 27 heavy (non-hydrogen) atoms. The maximum Gasteiger partial charge on any atom is 0.234 e. The zero-order chi connectivity index (χ0) is 18.2. The van der Waals surface area contributed by atoms with E-state index in [1.807, 2.05) is 36.4 Å². The monoisotopic (exact) mass is 393 g/mol. The lowest BCUT2D eigenvalue weighted by molar-refractivity contribution is -0.113. The Balaban J connectivity index is 1.32. The van der Waals surface area contributed by atoms with E-state index in [9.17, 15) is 4.79 Å². The lowest BCUT2D eigenvalue weighted by atomic mass is 10.2. The second-order valence-corrected chi connectivity index (χ2v) is 7.21. The third-order valence-electron chi connectivity index (χ3n) is 4.00. The standard InChI is InChI=1S/C17H11N7OS2/c25-13(18-11-6-3-7-12-15(11)24-27-23-12)8-26-17-20-16-14(21-22-17)9-4-1-2-5-10(9)19-16/h1-7H,8H2,(H,18,25)(H,19,20,22). The van der Waals surface area contributed by atoms with Crippen LogP contribution in [0.5, 0.6) is 0 Å². The first kappa shape index (κ1) is 16.1. The molecule has 132 valence electrons. The Kier molecular flexibility index (Phi) is 3.91. The number of thioether (sulfide) groups is 1. The van der Waals surface area contributed by atoms with Crippen LogP contribution in [0, 0.1) is 0 Å². The molecule has 0 saturated carbocycles. The van der Waals surface area contributed by atoms with E-state index in [2.05, 4.69) is 34.2 Å². The first-order valence-electron chi connectivity index (χ1n) is 8.03. The normalized spacial score (nSPS) is 11.4. The molecule has 0 unspecified atom stereocenters. The van der Waals surface area contributed by atoms with Gasteiger partial charge in [0.1, 0.15) is 16.6 Å². The summed E-state index contributed by atoms with van der Waals surface area (Å²) in [7, 11) is 0. The molecule has 10 heteroatoms. The van der Waals surface area contributed by atoms with Crippen LogP contribution in [0.1, 0.15) is 0 Å². The van der Waals surface area contributed by atoms with Crippen molar-refractivity contribution in [1.82, 2.24) is 28.9 Å². The lowest BCUT2D eigenvalue weighted by Gasteiger charge is -2.04. The first-order chi connectivity index (χ1) is 13.3. The van der Waals surface area contributed by atoms with Gasteiger partial charge in [-0.25, -0.2) is 4.98 Å². The average molecular weight is 393 g/mol. The van der Waals surface area contributed by atoms with Gasteiger partial charge >= 0.3 is 0 Å². The predicted octanol–water partition coefficient (Wildman–Crippen LogP) is 3.24. The number of benzene rings is 2. The van der Waals surface area contributed by atoms with E-state index in [0.29, 0.717) is 22.0 Å². The van der Waals surface area contributed by atoms with Crippen molar-refractivity contribution < 1.29 is 4.79 Å². The molecule has 0 atom stereocenters. The second-order valence-electron chi connectivity index (χ2n) is 5.74. The van der Waals surface area contributed by atoms with Gasteiger partial charge in [0.25, 0.3) is 0 Å². The molecule has 3 aromatic heterocycles. The minimum atomic E-state index is -0.166. The molecular formula is C17H11N7OS2. The number of aromatic nitrogens is 6. The highest BCUT2D eigenvalue weighted by Crippen LogP contribution is 2.24. The highest BCUT2D eigenvalue weighted by molar-refractivity contribution is 7.99. The third kappa shape index (κ3) is 2.98. The van der Waals surface area contributed by atoms with Crippen LogP contribution in [0.15, 0.2) is 47.6 Å². The average Bonchev–Trinajstić information content (AvgIpc) is 3.31. The van der Waals surface area contributed by atoms with Crippen molar-refractivity contribution in [3.05, 3.63) is 42.5 Å². The molecule has 0 aliphatic carbocycles. The summed E-state index contributed by atoms with van der Waals surface area (Å²) in [5, 5.41) is 12.7. The molecule has 0 saturated heterocycles. The van der Waals surface area contributed by atoms with E-state index >= 15 is 0 Å². The minimum Gasteiger partial charge on any atom is -0.338 e. The first-order valence-corrected chi connectivity index (χ1v) is 9.74. The van der Waals surface area contributed by atoms with Gasteiger partial charge in [-0.2, -0.15) is 8.75 Å². The molecule has 2 N–H and O–H groups in total. The van der Waals surface area contributed by atoms with Crippen molar-refractivity contribution in [2.45, 2.75) is 5.16 Å². The van der Waals surface area contributed by atoms with Crippen molar-refractivity contribution in [1.29, 1.82) is 0 Å². The topological polar surface area (TPSA) is 109 Å². The van der Waals surface area contributed by atoms with Crippen molar-refractivity contribution in [3.8, 4) is 0 Å². The van der Waals surface area contributed by atoms with E-state index in [-0.39, 0.29) is 11.7 Å². The van der Waals surface area contributed by atoms with E-state index in [4.69, 9.17) is 0 Å². The van der Waals surface area contributed by atoms with E-state index in [0.717, 1.165) is 33.7 Å². The number of H-pyrrole nitrogens is 1. The van der Waals surface area contributed by atoms with Crippen LogP contribution >= 0.6 is 23.5 Å². The number of hydrogen-bond acceptors (Lipinski definition) is 8. The predicted molar refractivity (Wildman–Crippen MR) is 106 cm³/mol. The number of rotatable bonds is 4. The second kappa shape index (κ2) is 6.56. The highest BCUT2D eigenvalue weighted by atomic mass is 32.2. The van der Waals surface area contributed by atoms with Crippen LogP contribution in [-0.2, 0) is 4.79 Å². The van der Waals surface area contributed by atoms with Gasteiger partial charge in [0.05, 0.1) is 23.2 Å². The molecule has 0 bridgehead atoms. The Morgan fingerprint density at radius 3 is 2.96 bits per heavy atom. The summed E-state index contributed by atoms with van der Waals surface area (Å²) in [5.41, 5.74) is 4.45. The fraction of sp³-hybridized carbons (Fsp3) is 0.0588. The Hall–Kier alpha value is -3.11. The number of carbonyl (C=O) groups excluding carboxylic acids is 1. The van der Waals surface area contributed by atoms with Crippen LogP contribution in [-0.4, -0.2) is 40.6 Å². The number of nitrogens with one attached hydrogen (secondary N) is 2. The molecule has 0 fully saturated rings. The molecule has 0 radical (unpaired) electrons. The molecule has 0 spiro atoms. The molecule has 1 amide bonds. The van der Waals surface area contributed by atoms with Crippen molar-refractivity contribution >= 4 is 68.2 Å². The summed E-state index contributed by atoms with van der Waals surface area (Å²) in [5.74, 6) is 0.00214. The number of anilines is 1. The van der Waals surface area contributed by atoms with Gasteiger partial charge in [-0.3, -0.25) is 4.79 Å². The fourth-order valence-corrected chi connectivity index (χ4v) is 3.93. The molecule has 8 nitrogen and oxygen atoms in total. The molecule has 2 aromatic carbocycles. The van der Waals surface area contributed by atoms with Gasteiger partial charge < -0.3 is 10.3 Å². The summed E-state index contributed by atoms with van der Waals surface area (Å²) in [4.78, 5) is 20.0. The van der Waals surface area contributed by atoms with Crippen LogP contribution in [0.2, 0.25) is 0 Å². The Labute approximate surface area is 160 Å². The molecule has 3 heterocycles. The lowest BCUT2D eigenvalue weighted by Crippen LogP contribution is -2.14. The molecular weight excluding hydrogens is 382 g/mol. The maximum atomic E-state index is 12.3. The van der Waals surface area contributed by atoms with Crippen molar-refractivity contribution in [2.75, 3.05) is 11.1 Å². The van der Waals surface area contributed by atoms with Crippen molar-refractivity contribution in [2.24, 2.45) is 0 Å². The molecule has 5 aromatic rings. The quantitative estimate of drug-likeness (QED) is 0.451. The highest BCUT2D eigenvalue weighted by Gasteiger charge is 2.12. The number of para-hydroxylation sites is 1. The van der Waals surface area contributed by atoms with Gasteiger partial charge in [-0.05, 0) is 18.2 Å². The molecule has 0 aliphatic rings. The van der Waals surface area contributed by atoms with Crippen LogP contribution in [0.25, 0.3) is 33.1 Å². The van der Waals surface area contributed by atoms with E-state index in [1.165, 1.54) is 11.8 Å². The van der Waals surface area contributed by atoms with E-state index in [1.54, 1.807) is 6.07 Å². The Bertz CT molecular complexity index is 1300. The number of amides is 1. The summed E-state index contributed by atoms with van der Waals surface area (Å²) in [6.45, 7) is 0. The van der Waals surface area contributed by atoms with Gasteiger partial charge in [0.15, 0.2) is 5.65 Å². The maximum absolute atomic E-state index is 12.3. The summed E-state index contributed by atoms with van der Waals surface area (Å²) >= 11 is 2.35. The third-order valence-corrected chi connectivity index (χ3v) is 5.38. The van der Waals surface area contributed by atoms with Gasteiger partial charge in [-0.15, -0.1) is 10.2 Å². The smallest absolute Gasteiger partial charge is 0.234 e. The van der Waals surface area contributed by atoms with Gasteiger partial charge in [-0.1, -0.05) is 36.0 Å². The molecule has 5 rings (SSSR count). The summed E-state index contributed by atoms with van der Waals surface area (Å²) in [6.07, 6.45) is 0. The van der Waals surface area contributed by atoms with Gasteiger partial charge in [0.2, 0.25) is 11.1 Å². The van der Waals surface area contributed by atoms with Crippen LogP contribution in [0.4, 0.5) is 5.69 Å². The van der Waals surface area contributed by atoms with Crippen molar-refractivity contribution in [3.63, 3.8) is 0 Å². The van der Waals surface area contributed by atoms with E-state index < -0.39 is 0 Å². The molecule has 0 aliphatic heterocycles. The zero-order valence-electron chi connectivity index (χ0n) is 13.7. The summed E-state index contributed by atoms with van der Waals surface area (Å²) < 4.78 is 8.38. The Morgan fingerprint density at radius 2 is 2.00 bits per heavy atom. The number of nitrogens with zero attached hydrogens (tertiary/aromatic N) is 5. The SMILES string of the molecule is O=C(CSc1nnc2c(n1)[nH]c1ccccc12)Nc1cccc2nsnc12. The number of fused-ring (bicyclic) bond motifs is 4. The number of carbonyl (C=O) groups is 1. The summed E-state index contributed by atoms with van der Waals surface area (Å²) in [6, 6.07) is 13.3. The largest absolute Gasteiger partial charge is 0.338 e. The fourth-order valence-electron chi connectivity index (χ4n) is 2.79. The van der Waals surface area contributed by atoms with Gasteiger partial charge in [0, 0.05) is 10.9 Å².